The Balaban J connectivity index is 1.27. The highest BCUT2D eigenvalue weighted by Gasteiger charge is 2.23. The molecule has 0 saturated carbocycles. The third-order valence-corrected chi connectivity index (χ3v) is 10.8. The number of nitrogens with zero attached hydrogens (tertiary/aromatic N) is 1. The number of furan rings is 1. The minimum Gasteiger partial charge on any atom is -0.454 e. The summed E-state index contributed by atoms with van der Waals surface area (Å²) in [5, 5.41) is 7.28. The minimum absolute atomic E-state index is 0.869. The molecule has 0 unspecified atom stereocenters. The Bertz CT molecular complexity index is 2850. The van der Waals surface area contributed by atoms with E-state index in [9.17, 15) is 0 Å². The Kier molecular flexibility index (Phi) is 6.39. The molecule has 0 aliphatic carbocycles. The molecule has 3 heteroatoms. The van der Waals surface area contributed by atoms with Gasteiger partial charge in [-0.15, -0.1) is 11.3 Å². The quantitative estimate of drug-likeness (QED) is 0.186. The van der Waals surface area contributed by atoms with Gasteiger partial charge in [-0.1, -0.05) is 133 Å². The summed E-state index contributed by atoms with van der Waals surface area (Å²) < 4.78 is 9.29. The summed E-state index contributed by atoms with van der Waals surface area (Å²) in [4.78, 5) is 2.39. The van der Waals surface area contributed by atoms with Crippen LogP contribution in [-0.2, 0) is 0 Å². The fraction of sp³-hybridized carbons (Fsp3) is 0. The molecule has 2 heterocycles. The maximum Gasteiger partial charge on any atom is 0.159 e. The van der Waals surface area contributed by atoms with E-state index in [0.29, 0.717) is 0 Å². The highest BCUT2D eigenvalue weighted by molar-refractivity contribution is 7.25. The van der Waals surface area contributed by atoms with Crippen LogP contribution in [0.3, 0.4) is 0 Å². The van der Waals surface area contributed by atoms with E-state index in [1.54, 1.807) is 0 Å². The van der Waals surface area contributed by atoms with Gasteiger partial charge in [-0.05, 0) is 69.9 Å². The number of hydrogen-bond acceptors (Lipinski definition) is 3. The lowest BCUT2D eigenvalue weighted by Crippen LogP contribution is -2.11. The van der Waals surface area contributed by atoms with Gasteiger partial charge >= 0.3 is 0 Å². The summed E-state index contributed by atoms with van der Waals surface area (Å²) >= 11 is 1.85. The number of fused-ring (bicyclic) bond motifs is 7. The third kappa shape index (κ3) is 4.47. The molecule has 10 rings (SSSR count). The molecule has 0 aliphatic rings. The molecule has 8 aromatic carbocycles. The Hall–Kier alpha value is -6.16. The lowest BCUT2D eigenvalue weighted by Gasteiger charge is -2.28. The van der Waals surface area contributed by atoms with Gasteiger partial charge in [0, 0.05) is 42.2 Å². The molecule has 0 radical (unpaired) electrons. The summed E-state index contributed by atoms with van der Waals surface area (Å²) in [6.45, 7) is 0. The van der Waals surface area contributed by atoms with Crippen LogP contribution in [0.4, 0.5) is 17.1 Å². The molecule has 2 aromatic heterocycles. The second kappa shape index (κ2) is 11.2. The average molecular weight is 644 g/mol. The molecule has 0 N–H and O–H groups in total. The molecule has 0 bridgehead atoms. The first-order valence-corrected chi connectivity index (χ1v) is 17.4. The first-order valence-electron chi connectivity index (χ1n) is 16.6. The van der Waals surface area contributed by atoms with E-state index in [2.05, 4.69) is 175 Å². The van der Waals surface area contributed by atoms with Gasteiger partial charge in [0.1, 0.15) is 5.58 Å². The van der Waals surface area contributed by atoms with Crippen LogP contribution in [-0.4, -0.2) is 0 Å². The average Bonchev–Trinajstić information content (AvgIpc) is 3.74. The summed E-state index contributed by atoms with van der Waals surface area (Å²) in [5.74, 6) is 0. The number of para-hydroxylation sites is 3. The van der Waals surface area contributed by atoms with Crippen molar-refractivity contribution in [2.24, 2.45) is 0 Å². The maximum atomic E-state index is 6.70. The summed E-state index contributed by atoms with van der Waals surface area (Å²) in [6.07, 6.45) is 0. The second-order valence-corrected chi connectivity index (χ2v) is 13.5. The van der Waals surface area contributed by atoms with Crippen molar-refractivity contribution >= 4 is 81.3 Å². The molecule has 0 amide bonds. The fourth-order valence-electron chi connectivity index (χ4n) is 7.50. The SMILES string of the molecule is c1cc(-c2cccc3ccccc23)cc(N(c2ccccc2-c2cccc3sc4ccccc4c23)c2cccc3c2oc2ccccc23)c1. The molecule has 0 aliphatic heterocycles. The van der Waals surface area contributed by atoms with E-state index in [1.807, 2.05) is 17.4 Å². The molecular weight excluding hydrogens is 615 g/mol. The smallest absolute Gasteiger partial charge is 0.159 e. The highest BCUT2D eigenvalue weighted by Crippen LogP contribution is 2.48. The van der Waals surface area contributed by atoms with Gasteiger partial charge in [-0.3, -0.25) is 0 Å². The lowest BCUT2D eigenvalue weighted by atomic mass is 9.96. The van der Waals surface area contributed by atoms with Crippen LogP contribution in [0, 0.1) is 0 Å². The Morgan fingerprint density at radius 1 is 0.429 bits per heavy atom. The predicted molar refractivity (Wildman–Crippen MR) is 210 cm³/mol. The monoisotopic (exact) mass is 643 g/mol. The molecule has 230 valence electrons. The van der Waals surface area contributed by atoms with Crippen LogP contribution in [0.15, 0.2) is 180 Å². The normalized spacial score (nSPS) is 11.7. The van der Waals surface area contributed by atoms with Crippen molar-refractivity contribution in [3.63, 3.8) is 0 Å². The summed E-state index contributed by atoms with van der Waals surface area (Å²) in [6, 6.07) is 63.2. The number of hydrogen-bond donors (Lipinski definition) is 0. The summed E-state index contributed by atoms with van der Waals surface area (Å²) in [7, 11) is 0. The van der Waals surface area contributed by atoms with Crippen molar-refractivity contribution < 1.29 is 4.42 Å². The van der Waals surface area contributed by atoms with E-state index < -0.39 is 0 Å². The van der Waals surface area contributed by atoms with E-state index in [0.717, 1.165) is 39.0 Å². The fourth-order valence-corrected chi connectivity index (χ4v) is 8.63. The van der Waals surface area contributed by atoms with Crippen LogP contribution < -0.4 is 4.90 Å². The highest BCUT2D eigenvalue weighted by atomic mass is 32.1. The molecule has 0 fully saturated rings. The standard InChI is InChI=1S/C46H29NOS/c1-2-17-33-30(13-1)14-10-21-34(33)31-15-9-16-32(29-31)47(41-25-11-23-38-36-19-4-7-26-42(36)48-46(38)41)40-24-6-3-18-35(40)37-22-12-28-44-45(37)39-20-5-8-27-43(39)49-44/h1-29H. The van der Waals surface area contributed by atoms with Crippen LogP contribution in [0.1, 0.15) is 0 Å². The zero-order valence-corrected chi connectivity index (χ0v) is 27.3. The van der Waals surface area contributed by atoms with Crippen LogP contribution in [0.25, 0.3) is 75.1 Å². The van der Waals surface area contributed by atoms with Gasteiger partial charge in [0.15, 0.2) is 5.58 Å². The summed E-state index contributed by atoms with van der Waals surface area (Å²) in [5.41, 5.74) is 9.67. The lowest BCUT2D eigenvalue weighted by molar-refractivity contribution is 0.669. The predicted octanol–water partition coefficient (Wildman–Crippen LogP) is 13.9. The number of thiophene rings is 1. The van der Waals surface area contributed by atoms with Gasteiger partial charge in [0.2, 0.25) is 0 Å². The first-order chi connectivity index (χ1) is 24.3. The van der Waals surface area contributed by atoms with E-state index in [-0.39, 0.29) is 0 Å². The number of rotatable bonds is 5. The van der Waals surface area contributed by atoms with Gasteiger partial charge in [0.05, 0.1) is 11.4 Å². The maximum absolute atomic E-state index is 6.70. The van der Waals surface area contributed by atoms with Crippen molar-refractivity contribution in [3.8, 4) is 22.3 Å². The van der Waals surface area contributed by atoms with Crippen LogP contribution in [0.2, 0.25) is 0 Å². The van der Waals surface area contributed by atoms with Crippen molar-refractivity contribution in [1.82, 2.24) is 0 Å². The molecule has 49 heavy (non-hydrogen) atoms. The molecule has 0 atom stereocenters. The van der Waals surface area contributed by atoms with E-state index in [4.69, 9.17) is 4.42 Å². The van der Waals surface area contributed by atoms with Crippen LogP contribution in [0.5, 0.6) is 0 Å². The topological polar surface area (TPSA) is 16.4 Å². The Morgan fingerprint density at radius 3 is 2.02 bits per heavy atom. The van der Waals surface area contributed by atoms with Gasteiger partial charge in [-0.25, -0.2) is 0 Å². The van der Waals surface area contributed by atoms with Gasteiger partial charge in [-0.2, -0.15) is 0 Å². The molecule has 0 saturated heterocycles. The number of anilines is 3. The van der Waals surface area contributed by atoms with Crippen molar-refractivity contribution in [1.29, 1.82) is 0 Å². The van der Waals surface area contributed by atoms with Crippen molar-refractivity contribution in [2.45, 2.75) is 0 Å². The van der Waals surface area contributed by atoms with E-state index in [1.165, 1.54) is 53.2 Å². The molecule has 2 nitrogen and oxygen atoms in total. The molecule has 0 spiro atoms. The zero-order valence-electron chi connectivity index (χ0n) is 26.5. The Morgan fingerprint density at radius 2 is 1.06 bits per heavy atom. The first kappa shape index (κ1) is 27.9. The minimum atomic E-state index is 0.869. The second-order valence-electron chi connectivity index (χ2n) is 12.5. The van der Waals surface area contributed by atoms with Crippen molar-refractivity contribution in [2.75, 3.05) is 4.90 Å². The van der Waals surface area contributed by atoms with Crippen molar-refractivity contribution in [3.05, 3.63) is 176 Å². The van der Waals surface area contributed by atoms with Gasteiger partial charge < -0.3 is 9.32 Å². The van der Waals surface area contributed by atoms with E-state index >= 15 is 0 Å². The van der Waals surface area contributed by atoms with Gasteiger partial charge in [0.25, 0.3) is 0 Å². The molecule has 10 aromatic rings. The Labute approximate surface area is 287 Å². The largest absolute Gasteiger partial charge is 0.454 e. The molecular formula is C46H29NOS. The van der Waals surface area contributed by atoms with Crippen LogP contribution >= 0.6 is 11.3 Å². The third-order valence-electron chi connectivity index (χ3n) is 9.67. The zero-order chi connectivity index (χ0) is 32.3. The number of benzene rings is 8.